The molecule has 0 fully saturated rings. The first-order valence-electron chi connectivity index (χ1n) is 4.91. The van der Waals surface area contributed by atoms with Gasteiger partial charge in [-0.3, -0.25) is 9.36 Å². The molecule has 0 bridgehead atoms. The average molecular weight is 232 g/mol. The Kier molecular flexibility index (Phi) is 4.54. The highest BCUT2D eigenvalue weighted by atomic mass is 19.3. The van der Waals surface area contributed by atoms with Gasteiger partial charge in [0.25, 0.3) is 12.0 Å². The number of hydrogen-bond acceptors (Lipinski definition) is 3. The van der Waals surface area contributed by atoms with Crippen LogP contribution in [0.25, 0.3) is 0 Å². The van der Waals surface area contributed by atoms with Gasteiger partial charge in [0, 0.05) is 11.3 Å². The van der Waals surface area contributed by atoms with Crippen molar-refractivity contribution in [3.63, 3.8) is 0 Å². The lowest BCUT2D eigenvalue weighted by atomic mass is 10.3. The molecule has 0 amide bonds. The summed E-state index contributed by atoms with van der Waals surface area (Å²) < 4.78 is 29.5. The summed E-state index contributed by atoms with van der Waals surface area (Å²) >= 11 is 0. The first-order chi connectivity index (χ1) is 7.52. The molecule has 0 saturated carbocycles. The van der Waals surface area contributed by atoms with E-state index in [1.165, 1.54) is 10.9 Å². The number of aromatic nitrogens is 2. The minimum Gasteiger partial charge on any atom is -0.374 e. The lowest BCUT2D eigenvalue weighted by molar-refractivity contribution is 0.0145. The fourth-order valence-electron chi connectivity index (χ4n) is 1.17. The van der Waals surface area contributed by atoms with E-state index in [9.17, 15) is 13.6 Å². The van der Waals surface area contributed by atoms with Crippen molar-refractivity contribution in [2.24, 2.45) is 0 Å². The molecule has 0 saturated heterocycles. The number of rotatable bonds is 5. The van der Waals surface area contributed by atoms with Crippen LogP contribution in [0.5, 0.6) is 0 Å². The van der Waals surface area contributed by atoms with Crippen molar-refractivity contribution < 1.29 is 13.5 Å². The quantitative estimate of drug-likeness (QED) is 0.715. The molecule has 0 aliphatic carbocycles. The Morgan fingerprint density at radius 2 is 2.19 bits per heavy atom. The minimum atomic E-state index is -2.48. The van der Waals surface area contributed by atoms with Crippen LogP contribution in [0.1, 0.15) is 11.3 Å². The molecule has 6 heteroatoms. The van der Waals surface area contributed by atoms with Crippen LogP contribution in [-0.4, -0.2) is 29.2 Å². The maximum absolute atomic E-state index is 11.8. The first-order valence-corrected chi connectivity index (χ1v) is 4.91. The van der Waals surface area contributed by atoms with Gasteiger partial charge in [0.1, 0.15) is 6.61 Å². The molecule has 1 heterocycles. The standard InChI is InChI=1S/C10H14F2N2O2/c1-7-8(2)13-6-14(10(7)15)3-4-16-5-9(11)12/h6,9H,3-5H2,1-2H3. The number of halogens is 2. The minimum absolute atomic E-state index is 0.0778. The molecule has 90 valence electrons. The molecule has 0 aliphatic heterocycles. The van der Waals surface area contributed by atoms with E-state index in [0.29, 0.717) is 11.3 Å². The lowest BCUT2D eigenvalue weighted by Gasteiger charge is -2.07. The number of ether oxygens (including phenoxy) is 1. The molecule has 0 spiro atoms. The highest BCUT2D eigenvalue weighted by Crippen LogP contribution is 1.96. The summed E-state index contributed by atoms with van der Waals surface area (Å²) in [5.41, 5.74) is 1.08. The molecule has 4 nitrogen and oxygen atoms in total. The van der Waals surface area contributed by atoms with Crippen LogP contribution in [0.3, 0.4) is 0 Å². The summed E-state index contributed by atoms with van der Waals surface area (Å²) in [6.45, 7) is 3.14. The summed E-state index contributed by atoms with van der Waals surface area (Å²) in [5.74, 6) is 0. The van der Waals surface area contributed by atoms with E-state index in [2.05, 4.69) is 9.72 Å². The van der Waals surface area contributed by atoms with Crippen molar-refractivity contribution in [1.29, 1.82) is 0 Å². The molecular weight excluding hydrogens is 218 g/mol. The highest BCUT2D eigenvalue weighted by molar-refractivity contribution is 5.12. The molecule has 0 radical (unpaired) electrons. The van der Waals surface area contributed by atoms with Gasteiger partial charge in [-0.05, 0) is 13.8 Å². The molecule has 0 unspecified atom stereocenters. The summed E-state index contributed by atoms with van der Waals surface area (Å²) in [5, 5.41) is 0. The fraction of sp³-hybridized carbons (Fsp3) is 0.600. The third-order valence-electron chi connectivity index (χ3n) is 2.24. The molecule has 0 aliphatic rings. The van der Waals surface area contributed by atoms with Crippen molar-refractivity contribution in [3.05, 3.63) is 27.9 Å². The van der Waals surface area contributed by atoms with Crippen molar-refractivity contribution in [1.82, 2.24) is 9.55 Å². The van der Waals surface area contributed by atoms with Crippen LogP contribution in [0.2, 0.25) is 0 Å². The highest BCUT2D eigenvalue weighted by Gasteiger charge is 2.05. The van der Waals surface area contributed by atoms with Crippen molar-refractivity contribution in [3.8, 4) is 0 Å². The van der Waals surface area contributed by atoms with Gasteiger partial charge in [0.05, 0.1) is 19.5 Å². The van der Waals surface area contributed by atoms with Gasteiger partial charge in [-0.2, -0.15) is 0 Å². The smallest absolute Gasteiger partial charge is 0.261 e. The monoisotopic (exact) mass is 232 g/mol. The molecule has 1 aromatic rings. The number of aryl methyl sites for hydroxylation is 1. The second-order valence-electron chi connectivity index (χ2n) is 3.42. The number of hydrogen-bond donors (Lipinski definition) is 0. The predicted molar refractivity (Wildman–Crippen MR) is 54.8 cm³/mol. The topological polar surface area (TPSA) is 44.1 Å². The van der Waals surface area contributed by atoms with Crippen molar-refractivity contribution in [2.75, 3.05) is 13.2 Å². The van der Waals surface area contributed by atoms with E-state index in [1.54, 1.807) is 13.8 Å². The Bertz CT molecular complexity index is 404. The van der Waals surface area contributed by atoms with Gasteiger partial charge in [0.15, 0.2) is 0 Å². The average Bonchev–Trinajstić information content (AvgIpc) is 2.23. The van der Waals surface area contributed by atoms with Gasteiger partial charge in [0.2, 0.25) is 0 Å². The first kappa shape index (κ1) is 12.8. The van der Waals surface area contributed by atoms with E-state index >= 15 is 0 Å². The molecule has 0 N–H and O–H groups in total. The third-order valence-corrected chi connectivity index (χ3v) is 2.24. The molecule has 16 heavy (non-hydrogen) atoms. The maximum Gasteiger partial charge on any atom is 0.261 e. The van der Waals surface area contributed by atoms with E-state index in [4.69, 9.17) is 0 Å². The number of alkyl halides is 2. The Morgan fingerprint density at radius 1 is 1.50 bits per heavy atom. The summed E-state index contributed by atoms with van der Waals surface area (Å²) in [7, 11) is 0. The third kappa shape index (κ3) is 3.37. The van der Waals surface area contributed by atoms with Gasteiger partial charge in [-0.15, -0.1) is 0 Å². The Labute approximate surface area is 91.9 Å². The Balaban J connectivity index is 2.55. The SMILES string of the molecule is Cc1ncn(CCOCC(F)F)c(=O)c1C. The Morgan fingerprint density at radius 3 is 2.81 bits per heavy atom. The van der Waals surface area contributed by atoms with Gasteiger partial charge >= 0.3 is 0 Å². The lowest BCUT2D eigenvalue weighted by Crippen LogP contribution is -2.26. The van der Waals surface area contributed by atoms with Crippen LogP contribution in [0.15, 0.2) is 11.1 Å². The zero-order chi connectivity index (χ0) is 12.1. The van der Waals surface area contributed by atoms with Gasteiger partial charge in [-0.1, -0.05) is 0 Å². The Hall–Kier alpha value is -1.30. The fourth-order valence-corrected chi connectivity index (χ4v) is 1.17. The maximum atomic E-state index is 11.8. The normalized spacial score (nSPS) is 11.1. The molecular formula is C10H14F2N2O2. The van der Waals surface area contributed by atoms with Crippen LogP contribution >= 0.6 is 0 Å². The van der Waals surface area contributed by atoms with E-state index in [0.717, 1.165) is 0 Å². The van der Waals surface area contributed by atoms with Gasteiger partial charge < -0.3 is 4.74 Å². The second-order valence-corrected chi connectivity index (χ2v) is 3.42. The van der Waals surface area contributed by atoms with Crippen molar-refractivity contribution >= 4 is 0 Å². The van der Waals surface area contributed by atoms with E-state index in [1.807, 2.05) is 0 Å². The largest absolute Gasteiger partial charge is 0.374 e. The summed E-state index contributed by atoms with van der Waals surface area (Å²) in [4.78, 5) is 15.6. The summed E-state index contributed by atoms with van der Waals surface area (Å²) in [6.07, 6.45) is -1.08. The van der Waals surface area contributed by atoms with Crippen molar-refractivity contribution in [2.45, 2.75) is 26.8 Å². The van der Waals surface area contributed by atoms with Crippen LogP contribution < -0.4 is 5.56 Å². The number of nitrogens with zero attached hydrogens (tertiary/aromatic N) is 2. The van der Waals surface area contributed by atoms with Crippen LogP contribution in [0.4, 0.5) is 8.78 Å². The van der Waals surface area contributed by atoms with Gasteiger partial charge in [-0.25, -0.2) is 13.8 Å². The predicted octanol–water partition coefficient (Wildman–Crippen LogP) is 1.14. The van der Waals surface area contributed by atoms with E-state index < -0.39 is 13.0 Å². The molecule has 0 atom stereocenters. The van der Waals surface area contributed by atoms with Crippen LogP contribution in [-0.2, 0) is 11.3 Å². The molecule has 0 aromatic carbocycles. The zero-order valence-corrected chi connectivity index (χ0v) is 9.24. The second kappa shape index (κ2) is 5.69. The summed E-state index contributed by atoms with van der Waals surface area (Å²) in [6, 6.07) is 0. The molecule has 1 aromatic heterocycles. The van der Waals surface area contributed by atoms with E-state index in [-0.39, 0.29) is 18.7 Å². The van der Waals surface area contributed by atoms with Crippen LogP contribution in [0, 0.1) is 13.8 Å². The molecule has 1 rings (SSSR count). The zero-order valence-electron chi connectivity index (χ0n) is 9.24.